The van der Waals surface area contributed by atoms with Crippen LogP contribution in [0.4, 0.5) is 5.13 Å². The summed E-state index contributed by atoms with van der Waals surface area (Å²) < 4.78 is 0.864. The number of halogens is 2. The fourth-order valence-electron chi connectivity index (χ4n) is 1.11. The number of hydrogen-bond acceptors (Lipinski definition) is 3. The van der Waals surface area contributed by atoms with Crippen molar-refractivity contribution >= 4 is 44.0 Å². The maximum absolute atomic E-state index is 6.11. The number of rotatable bonds is 1. The molecule has 0 saturated heterocycles. The van der Waals surface area contributed by atoms with Crippen molar-refractivity contribution in [1.82, 2.24) is 4.98 Å². The minimum absolute atomic E-state index is 0.552. The molecule has 2 N–H and O–H groups in total. The second-order valence-corrected chi connectivity index (χ2v) is 4.79. The lowest BCUT2D eigenvalue weighted by Crippen LogP contribution is -1.84. The smallest absolute Gasteiger partial charge is 0.180 e. The van der Waals surface area contributed by atoms with E-state index in [2.05, 4.69) is 20.9 Å². The number of thiazole rings is 1. The van der Waals surface area contributed by atoms with Gasteiger partial charge in [-0.1, -0.05) is 23.7 Å². The second-order valence-electron chi connectivity index (χ2n) is 2.67. The molecule has 2 nitrogen and oxygen atoms in total. The Balaban J connectivity index is 2.57. The highest BCUT2D eigenvalue weighted by atomic mass is 79.9. The minimum atomic E-state index is 0.552. The van der Waals surface area contributed by atoms with Crippen molar-refractivity contribution in [3.63, 3.8) is 0 Å². The van der Waals surface area contributed by atoms with Crippen LogP contribution in [-0.2, 0) is 0 Å². The van der Waals surface area contributed by atoms with Crippen LogP contribution in [0.5, 0.6) is 0 Å². The summed E-state index contributed by atoms with van der Waals surface area (Å²) in [6.07, 6.45) is 0. The normalized spacial score (nSPS) is 10.4. The van der Waals surface area contributed by atoms with Gasteiger partial charge in [-0.05, 0) is 22.0 Å². The SMILES string of the molecule is Nc1nc(-c2cccc(Br)c2Cl)cs1. The summed E-state index contributed by atoms with van der Waals surface area (Å²) in [6, 6.07) is 5.73. The zero-order valence-electron chi connectivity index (χ0n) is 7.00. The van der Waals surface area contributed by atoms with Gasteiger partial charge in [-0.2, -0.15) is 0 Å². The molecule has 72 valence electrons. The molecule has 0 fully saturated rings. The number of nitrogens with zero attached hydrogens (tertiary/aromatic N) is 1. The average Bonchev–Trinajstić information content (AvgIpc) is 2.57. The molecule has 0 spiro atoms. The van der Waals surface area contributed by atoms with Gasteiger partial charge in [0.15, 0.2) is 5.13 Å². The van der Waals surface area contributed by atoms with E-state index < -0.39 is 0 Å². The highest BCUT2D eigenvalue weighted by Crippen LogP contribution is 2.34. The molecule has 5 heteroatoms. The molecule has 0 saturated carbocycles. The summed E-state index contributed by atoms with van der Waals surface area (Å²) in [5.41, 5.74) is 7.27. The molecular weight excluding hydrogens is 284 g/mol. The van der Waals surface area contributed by atoms with Crippen LogP contribution in [0.15, 0.2) is 28.1 Å². The van der Waals surface area contributed by atoms with Crippen LogP contribution in [0.25, 0.3) is 11.3 Å². The third-order valence-corrected chi connectivity index (χ3v) is 3.72. The molecular formula is C9H6BrClN2S. The van der Waals surface area contributed by atoms with E-state index in [0.29, 0.717) is 10.2 Å². The average molecular weight is 290 g/mol. The molecule has 0 atom stereocenters. The van der Waals surface area contributed by atoms with Crippen molar-refractivity contribution in [2.45, 2.75) is 0 Å². The Kier molecular flexibility index (Phi) is 2.76. The Labute approximate surface area is 98.9 Å². The van der Waals surface area contributed by atoms with Gasteiger partial charge in [-0.3, -0.25) is 0 Å². The maximum Gasteiger partial charge on any atom is 0.180 e. The van der Waals surface area contributed by atoms with E-state index in [1.165, 1.54) is 11.3 Å². The van der Waals surface area contributed by atoms with E-state index in [9.17, 15) is 0 Å². The Morgan fingerprint density at radius 3 is 2.86 bits per heavy atom. The van der Waals surface area contributed by atoms with Crippen molar-refractivity contribution in [3.05, 3.63) is 33.1 Å². The lowest BCUT2D eigenvalue weighted by atomic mass is 10.2. The molecule has 1 heterocycles. The topological polar surface area (TPSA) is 38.9 Å². The second kappa shape index (κ2) is 3.88. The highest BCUT2D eigenvalue weighted by molar-refractivity contribution is 9.10. The van der Waals surface area contributed by atoms with Gasteiger partial charge in [0.05, 0.1) is 10.7 Å². The van der Waals surface area contributed by atoms with Crippen LogP contribution < -0.4 is 5.73 Å². The molecule has 14 heavy (non-hydrogen) atoms. The van der Waals surface area contributed by atoms with Crippen LogP contribution in [-0.4, -0.2) is 4.98 Å². The highest BCUT2D eigenvalue weighted by Gasteiger charge is 2.08. The van der Waals surface area contributed by atoms with E-state index >= 15 is 0 Å². The van der Waals surface area contributed by atoms with Crippen LogP contribution in [0.1, 0.15) is 0 Å². The summed E-state index contributed by atoms with van der Waals surface area (Å²) in [5.74, 6) is 0. The quantitative estimate of drug-likeness (QED) is 0.867. The zero-order valence-corrected chi connectivity index (χ0v) is 10.2. The fourth-order valence-corrected chi connectivity index (χ4v) is 2.27. The van der Waals surface area contributed by atoms with E-state index in [-0.39, 0.29) is 0 Å². The van der Waals surface area contributed by atoms with Gasteiger partial charge in [0, 0.05) is 15.4 Å². The number of benzene rings is 1. The molecule has 0 aliphatic heterocycles. The van der Waals surface area contributed by atoms with Crippen LogP contribution in [0, 0.1) is 0 Å². The predicted molar refractivity (Wildman–Crippen MR) is 64.7 cm³/mol. The number of aromatic nitrogens is 1. The van der Waals surface area contributed by atoms with Crippen molar-refractivity contribution in [2.24, 2.45) is 0 Å². The number of hydrogen-bond donors (Lipinski definition) is 1. The third kappa shape index (κ3) is 1.78. The van der Waals surface area contributed by atoms with Crippen molar-refractivity contribution in [1.29, 1.82) is 0 Å². The third-order valence-electron chi connectivity index (χ3n) is 1.75. The van der Waals surface area contributed by atoms with Crippen LogP contribution >= 0.6 is 38.9 Å². The van der Waals surface area contributed by atoms with Crippen molar-refractivity contribution in [3.8, 4) is 11.3 Å². The largest absolute Gasteiger partial charge is 0.375 e. The molecule has 1 aromatic heterocycles. The first-order valence-electron chi connectivity index (χ1n) is 3.84. The van der Waals surface area contributed by atoms with Crippen molar-refractivity contribution in [2.75, 3.05) is 5.73 Å². The van der Waals surface area contributed by atoms with Gasteiger partial charge >= 0.3 is 0 Å². The Bertz CT molecular complexity index is 470. The van der Waals surface area contributed by atoms with Crippen LogP contribution in [0.2, 0.25) is 5.02 Å². The number of nitrogen functional groups attached to an aromatic ring is 1. The Morgan fingerprint density at radius 1 is 1.43 bits per heavy atom. The molecule has 0 aliphatic carbocycles. The first-order chi connectivity index (χ1) is 6.68. The Hall–Kier alpha value is -0.580. The summed E-state index contributed by atoms with van der Waals surface area (Å²) in [7, 11) is 0. The Morgan fingerprint density at radius 2 is 2.21 bits per heavy atom. The molecule has 0 unspecified atom stereocenters. The molecule has 0 amide bonds. The lowest BCUT2D eigenvalue weighted by Gasteiger charge is -2.01. The van der Waals surface area contributed by atoms with Gasteiger partial charge in [0.25, 0.3) is 0 Å². The molecule has 0 radical (unpaired) electrons. The zero-order chi connectivity index (χ0) is 10.1. The first-order valence-corrected chi connectivity index (χ1v) is 5.89. The van der Waals surface area contributed by atoms with Gasteiger partial charge in [-0.15, -0.1) is 11.3 Å². The molecule has 0 bridgehead atoms. The van der Waals surface area contributed by atoms with E-state index in [4.69, 9.17) is 17.3 Å². The van der Waals surface area contributed by atoms with E-state index in [0.717, 1.165) is 15.7 Å². The fraction of sp³-hybridized carbons (Fsp3) is 0. The molecule has 2 aromatic rings. The number of anilines is 1. The van der Waals surface area contributed by atoms with Crippen LogP contribution in [0.3, 0.4) is 0 Å². The summed E-state index contributed by atoms with van der Waals surface area (Å²) in [5, 5.41) is 3.11. The molecule has 2 rings (SSSR count). The number of nitrogens with two attached hydrogens (primary N) is 1. The van der Waals surface area contributed by atoms with Gasteiger partial charge in [0.1, 0.15) is 0 Å². The summed E-state index contributed by atoms with van der Waals surface area (Å²) >= 11 is 10.9. The first kappa shape index (κ1) is 9.96. The standard InChI is InChI=1S/C9H6BrClN2S/c10-6-3-1-2-5(8(6)11)7-4-14-9(12)13-7/h1-4H,(H2,12,13). The minimum Gasteiger partial charge on any atom is -0.375 e. The maximum atomic E-state index is 6.11. The summed E-state index contributed by atoms with van der Waals surface area (Å²) in [4.78, 5) is 4.17. The van der Waals surface area contributed by atoms with E-state index in [1.54, 1.807) is 0 Å². The monoisotopic (exact) mass is 288 g/mol. The molecule has 1 aromatic carbocycles. The van der Waals surface area contributed by atoms with E-state index in [1.807, 2.05) is 23.6 Å². The van der Waals surface area contributed by atoms with Crippen molar-refractivity contribution < 1.29 is 0 Å². The van der Waals surface area contributed by atoms with Gasteiger partial charge in [-0.25, -0.2) is 4.98 Å². The molecule has 0 aliphatic rings. The van der Waals surface area contributed by atoms with Gasteiger partial charge in [0.2, 0.25) is 0 Å². The van der Waals surface area contributed by atoms with Gasteiger partial charge < -0.3 is 5.73 Å². The summed E-state index contributed by atoms with van der Waals surface area (Å²) in [6.45, 7) is 0. The predicted octanol–water partition coefficient (Wildman–Crippen LogP) is 3.81. The lowest BCUT2D eigenvalue weighted by molar-refractivity contribution is 1.41.